The van der Waals surface area contributed by atoms with Crippen LogP contribution < -0.4 is 5.32 Å². The van der Waals surface area contributed by atoms with E-state index in [1.807, 2.05) is 0 Å². The fraction of sp³-hybridized carbons (Fsp3) is 0.0714. The first-order valence-corrected chi connectivity index (χ1v) is 7.74. The Labute approximate surface area is 127 Å². The van der Waals surface area contributed by atoms with Crippen molar-refractivity contribution in [1.82, 2.24) is 0 Å². The molecule has 110 valence electrons. The third kappa shape index (κ3) is 3.81. The van der Waals surface area contributed by atoms with Crippen molar-refractivity contribution in [3.63, 3.8) is 0 Å². The summed E-state index contributed by atoms with van der Waals surface area (Å²) in [5.74, 6) is -0.406. The van der Waals surface area contributed by atoms with Crippen molar-refractivity contribution in [2.45, 2.75) is 11.8 Å². The van der Waals surface area contributed by atoms with Crippen LogP contribution in [0.15, 0.2) is 47.4 Å². The number of carbonyl (C=O) groups is 1. The minimum atomic E-state index is -4.33. The Kier molecular flexibility index (Phi) is 4.32. The van der Waals surface area contributed by atoms with E-state index < -0.39 is 16.0 Å². The molecule has 0 atom stereocenters. The molecule has 0 radical (unpaired) electrons. The second kappa shape index (κ2) is 5.85. The van der Waals surface area contributed by atoms with Gasteiger partial charge in [0, 0.05) is 16.3 Å². The highest BCUT2D eigenvalue weighted by atomic mass is 35.5. The lowest BCUT2D eigenvalue weighted by Crippen LogP contribution is -2.12. The summed E-state index contributed by atoms with van der Waals surface area (Å²) in [6.07, 6.45) is 0. The number of aryl methyl sites for hydroxylation is 1. The fourth-order valence-electron chi connectivity index (χ4n) is 1.76. The monoisotopic (exact) mass is 325 g/mol. The van der Waals surface area contributed by atoms with Crippen molar-refractivity contribution in [3.05, 3.63) is 58.6 Å². The van der Waals surface area contributed by atoms with E-state index in [2.05, 4.69) is 5.32 Å². The van der Waals surface area contributed by atoms with Crippen LogP contribution in [0.3, 0.4) is 0 Å². The van der Waals surface area contributed by atoms with E-state index in [1.165, 1.54) is 12.1 Å². The summed E-state index contributed by atoms with van der Waals surface area (Å²) < 4.78 is 31.6. The molecule has 1 amide bonds. The second-order valence-corrected chi connectivity index (χ2v) is 6.24. The van der Waals surface area contributed by atoms with Gasteiger partial charge >= 0.3 is 0 Å². The number of hydrogen-bond donors (Lipinski definition) is 2. The van der Waals surface area contributed by atoms with Crippen LogP contribution in [0.25, 0.3) is 0 Å². The van der Waals surface area contributed by atoms with Crippen LogP contribution in [0.2, 0.25) is 5.02 Å². The van der Waals surface area contributed by atoms with E-state index in [-0.39, 0.29) is 10.6 Å². The van der Waals surface area contributed by atoms with Gasteiger partial charge in [-0.1, -0.05) is 17.7 Å². The first kappa shape index (κ1) is 15.5. The summed E-state index contributed by atoms with van der Waals surface area (Å²) in [4.78, 5) is 11.8. The zero-order chi connectivity index (χ0) is 15.6. The molecular formula is C14H12ClNO4S. The molecule has 5 nitrogen and oxygen atoms in total. The molecule has 0 aliphatic rings. The van der Waals surface area contributed by atoms with Gasteiger partial charge in [0.05, 0.1) is 4.90 Å². The van der Waals surface area contributed by atoms with Gasteiger partial charge in [0.25, 0.3) is 16.0 Å². The Bertz CT molecular complexity index is 785. The van der Waals surface area contributed by atoms with Crippen LogP contribution in [0.5, 0.6) is 0 Å². The zero-order valence-electron chi connectivity index (χ0n) is 11.0. The Balaban J connectivity index is 2.28. The van der Waals surface area contributed by atoms with Gasteiger partial charge in [-0.15, -0.1) is 0 Å². The predicted octanol–water partition coefficient (Wildman–Crippen LogP) is 3.15. The lowest BCUT2D eigenvalue weighted by atomic mass is 10.2. The molecule has 0 spiro atoms. The summed E-state index contributed by atoms with van der Waals surface area (Å²) in [5, 5.41) is 3.07. The molecule has 0 saturated carbocycles. The molecule has 0 saturated heterocycles. The Morgan fingerprint density at radius 1 is 1.14 bits per heavy atom. The Morgan fingerprint density at radius 2 is 1.76 bits per heavy atom. The number of anilines is 1. The topological polar surface area (TPSA) is 83.5 Å². The molecule has 2 rings (SSSR count). The number of amides is 1. The van der Waals surface area contributed by atoms with Crippen molar-refractivity contribution in [3.8, 4) is 0 Å². The number of rotatable bonds is 3. The maximum absolute atomic E-state index is 12.0. The Hall–Kier alpha value is -1.89. The second-order valence-electron chi connectivity index (χ2n) is 4.42. The minimum absolute atomic E-state index is 0.239. The standard InChI is InChI=1S/C14H12ClNO4S/c1-9-2-7-12(8-13(9)21(18,19)20)16-14(17)10-3-5-11(15)6-4-10/h2-8H,1H3,(H,16,17)(H,18,19,20). The van der Waals surface area contributed by atoms with Gasteiger partial charge in [0.15, 0.2) is 0 Å². The van der Waals surface area contributed by atoms with Gasteiger partial charge in [-0.2, -0.15) is 8.42 Å². The van der Waals surface area contributed by atoms with Crippen molar-refractivity contribution in [1.29, 1.82) is 0 Å². The molecule has 0 aliphatic heterocycles. The van der Waals surface area contributed by atoms with Crippen LogP contribution in [0.1, 0.15) is 15.9 Å². The van der Waals surface area contributed by atoms with E-state index in [0.717, 1.165) is 0 Å². The molecule has 0 unspecified atom stereocenters. The van der Waals surface area contributed by atoms with Crippen molar-refractivity contribution in [2.75, 3.05) is 5.32 Å². The summed E-state index contributed by atoms with van der Waals surface area (Å²) >= 11 is 5.74. The predicted molar refractivity (Wildman–Crippen MR) is 80.4 cm³/mol. The molecule has 7 heteroatoms. The summed E-state index contributed by atoms with van der Waals surface area (Å²) in [5.41, 5.74) is 1.04. The molecule has 2 aromatic rings. The zero-order valence-corrected chi connectivity index (χ0v) is 12.6. The van der Waals surface area contributed by atoms with Crippen molar-refractivity contribution in [2.24, 2.45) is 0 Å². The molecule has 0 aliphatic carbocycles. The van der Waals surface area contributed by atoms with Gasteiger partial charge in [-0.3, -0.25) is 9.35 Å². The smallest absolute Gasteiger partial charge is 0.294 e. The Morgan fingerprint density at radius 3 is 2.33 bits per heavy atom. The van der Waals surface area contributed by atoms with Crippen LogP contribution >= 0.6 is 11.6 Å². The van der Waals surface area contributed by atoms with Crippen LogP contribution in [-0.4, -0.2) is 18.9 Å². The highest BCUT2D eigenvalue weighted by Gasteiger charge is 2.15. The highest BCUT2D eigenvalue weighted by molar-refractivity contribution is 7.85. The lowest BCUT2D eigenvalue weighted by Gasteiger charge is -2.08. The number of hydrogen-bond acceptors (Lipinski definition) is 3. The van der Waals surface area contributed by atoms with E-state index >= 15 is 0 Å². The summed E-state index contributed by atoms with van der Waals surface area (Å²) in [7, 11) is -4.33. The molecule has 0 heterocycles. The molecule has 0 aromatic heterocycles. The van der Waals surface area contributed by atoms with E-state index in [0.29, 0.717) is 16.1 Å². The van der Waals surface area contributed by atoms with Gasteiger partial charge in [0.2, 0.25) is 0 Å². The molecule has 2 N–H and O–H groups in total. The largest absolute Gasteiger partial charge is 0.322 e. The highest BCUT2D eigenvalue weighted by Crippen LogP contribution is 2.20. The SMILES string of the molecule is Cc1ccc(NC(=O)c2ccc(Cl)cc2)cc1S(=O)(=O)O. The third-order valence-corrected chi connectivity index (χ3v) is 4.08. The van der Waals surface area contributed by atoms with Gasteiger partial charge in [0.1, 0.15) is 0 Å². The number of carbonyl (C=O) groups excluding carboxylic acids is 1. The molecule has 0 fully saturated rings. The fourth-order valence-corrected chi connectivity index (χ4v) is 2.64. The van der Waals surface area contributed by atoms with Crippen molar-refractivity contribution < 1.29 is 17.8 Å². The maximum atomic E-state index is 12.0. The first-order chi connectivity index (χ1) is 9.77. The lowest BCUT2D eigenvalue weighted by molar-refractivity contribution is 0.102. The van der Waals surface area contributed by atoms with Gasteiger partial charge < -0.3 is 5.32 Å². The number of benzene rings is 2. The van der Waals surface area contributed by atoms with E-state index in [4.69, 9.17) is 16.2 Å². The average molecular weight is 326 g/mol. The van der Waals surface area contributed by atoms with Crippen LogP contribution in [0, 0.1) is 6.92 Å². The number of halogens is 1. The first-order valence-electron chi connectivity index (χ1n) is 5.92. The molecule has 21 heavy (non-hydrogen) atoms. The minimum Gasteiger partial charge on any atom is -0.322 e. The average Bonchev–Trinajstić information content (AvgIpc) is 2.40. The van der Waals surface area contributed by atoms with Crippen LogP contribution in [-0.2, 0) is 10.1 Å². The van der Waals surface area contributed by atoms with Crippen LogP contribution in [0.4, 0.5) is 5.69 Å². The van der Waals surface area contributed by atoms with Gasteiger partial charge in [-0.05, 0) is 48.9 Å². The molecular weight excluding hydrogens is 314 g/mol. The normalized spacial score (nSPS) is 11.2. The third-order valence-electron chi connectivity index (χ3n) is 2.83. The van der Waals surface area contributed by atoms with Gasteiger partial charge in [-0.25, -0.2) is 0 Å². The molecule has 0 bridgehead atoms. The van der Waals surface area contributed by atoms with E-state index in [1.54, 1.807) is 37.3 Å². The van der Waals surface area contributed by atoms with E-state index in [9.17, 15) is 13.2 Å². The number of nitrogens with one attached hydrogen (secondary N) is 1. The van der Waals surface area contributed by atoms with Crippen molar-refractivity contribution >= 4 is 33.3 Å². The summed E-state index contributed by atoms with van der Waals surface area (Å²) in [6.45, 7) is 1.55. The maximum Gasteiger partial charge on any atom is 0.294 e. The summed E-state index contributed by atoms with van der Waals surface area (Å²) in [6, 6.07) is 10.5. The quantitative estimate of drug-likeness (QED) is 0.849. The molecule has 2 aromatic carbocycles.